The lowest BCUT2D eigenvalue weighted by molar-refractivity contribution is -0.123. The normalized spacial score (nSPS) is 14.2. The fourth-order valence-electron chi connectivity index (χ4n) is 1.68. The summed E-state index contributed by atoms with van der Waals surface area (Å²) in [5.41, 5.74) is -0.816. The first-order valence-corrected chi connectivity index (χ1v) is 6.46. The van der Waals surface area contributed by atoms with Crippen LogP contribution >= 0.6 is 0 Å². The Morgan fingerprint density at radius 1 is 1.50 bits per heavy atom. The Balaban J connectivity index is 2.07. The first-order valence-electron chi connectivity index (χ1n) is 6.46. The van der Waals surface area contributed by atoms with Gasteiger partial charge in [-0.25, -0.2) is 9.48 Å². The van der Waals surface area contributed by atoms with Crippen molar-refractivity contribution >= 4 is 11.6 Å². The smallest absolute Gasteiger partial charge is 0.350 e. The summed E-state index contributed by atoms with van der Waals surface area (Å²) in [5.74, 6) is -0.357. The van der Waals surface area contributed by atoms with E-state index in [4.69, 9.17) is 0 Å². The molecule has 0 bridgehead atoms. The first-order chi connectivity index (χ1) is 9.43. The Labute approximate surface area is 115 Å². The molecule has 1 atom stereocenters. The number of hydrogen-bond acceptors (Lipinski definition) is 4. The van der Waals surface area contributed by atoms with Gasteiger partial charge in [0.1, 0.15) is 6.54 Å². The molecule has 2 N–H and O–H groups in total. The number of amides is 1. The van der Waals surface area contributed by atoms with E-state index >= 15 is 0 Å². The molecule has 2 aromatic rings. The molecule has 0 fully saturated rings. The molecule has 7 nitrogen and oxygen atoms in total. The number of hydrogen-bond donors (Lipinski definition) is 2. The number of pyridine rings is 1. The van der Waals surface area contributed by atoms with Crippen molar-refractivity contribution in [1.29, 1.82) is 0 Å². The molecule has 0 saturated carbocycles. The monoisotopic (exact) mass is 278 g/mol. The van der Waals surface area contributed by atoms with Gasteiger partial charge in [0, 0.05) is 12.7 Å². The average Bonchev–Trinajstić information content (AvgIpc) is 2.74. The second-order valence-electron chi connectivity index (χ2n) is 5.00. The van der Waals surface area contributed by atoms with Crippen LogP contribution in [0.15, 0.2) is 29.2 Å². The van der Waals surface area contributed by atoms with Crippen molar-refractivity contribution in [2.24, 2.45) is 0 Å². The summed E-state index contributed by atoms with van der Waals surface area (Å²) >= 11 is 0. The molecule has 0 aliphatic carbocycles. The number of nitrogens with one attached hydrogen (secondary N) is 1. The van der Waals surface area contributed by atoms with Gasteiger partial charge in [-0.15, -0.1) is 5.10 Å². The van der Waals surface area contributed by atoms with Crippen molar-refractivity contribution in [1.82, 2.24) is 19.5 Å². The summed E-state index contributed by atoms with van der Waals surface area (Å²) in [4.78, 5) is 23.7. The fraction of sp³-hybridized carbons (Fsp3) is 0.462. The highest BCUT2D eigenvalue weighted by Crippen LogP contribution is 2.05. The third-order valence-corrected chi connectivity index (χ3v) is 3.21. The number of nitrogens with zero attached hydrogens (tertiary/aromatic N) is 3. The Hall–Kier alpha value is -2.15. The molecule has 108 valence electrons. The molecular weight excluding hydrogens is 260 g/mol. The topological polar surface area (TPSA) is 88.6 Å². The zero-order valence-corrected chi connectivity index (χ0v) is 11.5. The largest absolute Gasteiger partial charge is 0.388 e. The molecule has 1 amide bonds. The molecule has 2 aromatic heterocycles. The van der Waals surface area contributed by atoms with E-state index in [-0.39, 0.29) is 24.7 Å². The number of aliphatic hydroxyl groups is 1. The molecule has 0 aliphatic rings. The quantitative estimate of drug-likeness (QED) is 0.791. The van der Waals surface area contributed by atoms with E-state index in [0.29, 0.717) is 12.1 Å². The Bertz CT molecular complexity index is 672. The van der Waals surface area contributed by atoms with Crippen LogP contribution in [0.3, 0.4) is 0 Å². The molecule has 1 unspecified atom stereocenters. The summed E-state index contributed by atoms with van der Waals surface area (Å²) in [6, 6.07) is 5.18. The van der Waals surface area contributed by atoms with Crippen LogP contribution in [0, 0.1) is 0 Å². The molecule has 0 radical (unpaired) electrons. The zero-order valence-electron chi connectivity index (χ0n) is 11.5. The van der Waals surface area contributed by atoms with Crippen LogP contribution in [0.25, 0.3) is 5.65 Å². The Morgan fingerprint density at radius 2 is 2.25 bits per heavy atom. The highest BCUT2D eigenvalue weighted by molar-refractivity contribution is 5.75. The van der Waals surface area contributed by atoms with Gasteiger partial charge in [0.15, 0.2) is 5.65 Å². The minimum Gasteiger partial charge on any atom is -0.388 e. The number of fused-ring (bicyclic) bond motifs is 1. The molecule has 20 heavy (non-hydrogen) atoms. The predicted octanol–water partition coefficient (Wildman–Crippen LogP) is -0.227. The number of aromatic nitrogens is 3. The van der Waals surface area contributed by atoms with Crippen LogP contribution < -0.4 is 11.0 Å². The maximum atomic E-state index is 12.0. The lowest BCUT2D eigenvalue weighted by Gasteiger charge is -2.21. The van der Waals surface area contributed by atoms with Crippen molar-refractivity contribution < 1.29 is 9.90 Å². The highest BCUT2D eigenvalue weighted by atomic mass is 16.3. The van der Waals surface area contributed by atoms with E-state index in [1.165, 1.54) is 4.40 Å². The standard InChI is InChI=1S/C13H18N4O3/c1-3-13(2,20)9-14-11(18)8-17-12(19)16-7-5-4-6-10(16)15-17/h4-7,20H,3,8-9H2,1-2H3,(H,14,18). The van der Waals surface area contributed by atoms with Gasteiger partial charge in [0.05, 0.1) is 5.60 Å². The van der Waals surface area contributed by atoms with Gasteiger partial charge in [0.2, 0.25) is 5.91 Å². The molecule has 0 aliphatic heterocycles. The fourth-order valence-corrected chi connectivity index (χ4v) is 1.68. The molecule has 2 rings (SSSR count). The van der Waals surface area contributed by atoms with E-state index in [0.717, 1.165) is 4.68 Å². The molecule has 0 aromatic carbocycles. The van der Waals surface area contributed by atoms with Gasteiger partial charge >= 0.3 is 5.69 Å². The third-order valence-electron chi connectivity index (χ3n) is 3.21. The number of rotatable bonds is 5. The lowest BCUT2D eigenvalue weighted by atomic mass is 10.0. The zero-order chi connectivity index (χ0) is 14.8. The van der Waals surface area contributed by atoms with Crippen LogP contribution in [0.2, 0.25) is 0 Å². The minimum absolute atomic E-state index is 0.143. The second-order valence-corrected chi connectivity index (χ2v) is 5.00. The molecule has 0 spiro atoms. The summed E-state index contributed by atoms with van der Waals surface area (Å²) in [7, 11) is 0. The van der Waals surface area contributed by atoms with Crippen molar-refractivity contribution in [3.8, 4) is 0 Å². The van der Waals surface area contributed by atoms with Crippen LogP contribution in [0.1, 0.15) is 20.3 Å². The lowest BCUT2D eigenvalue weighted by Crippen LogP contribution is -2.42. The van der Waals surface area contributed by atoms with Crippen LogP contribution in [-0.4, -0.2) is 37.3 Å². The van der Waals surface area contributed by atoms with Crippen LogP contribution in [-0.2, 0) is 11.3 Å². The molecule has 0 saturated heterocycles. The predicted molar refractivity (Wildman–Crippen MR) is 73.4 cm³/mol. The minimum atomic E-state index is -0.945. The van der Waals surface area contributed by atoms with Gasteiger partial charge in [-0.2, -0.15) is 0 Å². The van der Waals surface area contributed by atoms with Gasteiger partial charge in [-0.1, -0.05) is 13.0 Å². The van der Waals surface area contributed by atoms with Crippen LogP contribution in [0.5, 0.6) is 0 Å². The Kier molecular flexibility index (Phi) is 3.89. The van der Waals surface area contributed by atoms with E-state index in [9.17, 15) is 14.7 Å². The van der Waals surface area contributed by atoms with Crippen molar-refractivity contribution in [2.45, 2.75) is 32.4 Å². The molecule has 7 heteroatoms. The summed E-state index contributed by atoms with van der Waals surface area (Å²) in [6.07, 6.45) is 2.13. The van der Waals surface area contributed by atoms with Crippen molar-refractivity contribution in [3.05, 3.63) is 34.9 Å². The Morgan fingerprint density at radius 3 is 2.90 bits per heavy atom. The number of carbonyl (C=O) groups is 1. The van der Waals surface area contributed by atoms with Gasteiger partial charge < -0.3 is 10.4 Å². The van der Waals surface area contributed by atoms with Gasteiger partial charge in [-0.05, 0) is 25.5 Å². The van der Waals surface area contributed by atoms with E-state index in [1.54, 1.807) is 31.3 Å². The number of carbonyl (C=O) groups excluding carboxylic acids is 1. The van der Waals surface area contributed by atoms with Crippen molar-refractivity contribution in [3.63, 3.8) is 0 Å². The summed E-state index contributed by atoms with van der Waals surface area (Å²) in [6.45, 7) is 3.45. The van der Waals surface area contributed by atoms with Gasteiger partial charge in [-0.3, -0.25) is 9.20 Å². The first kappa shape index (κ1) is 14.3. The summed E-state index contributed by atoms with van der Waals surface area (Å²) < 4.78 is 2.47. The van der Waals surface area contributed by atoms with Crippen molar-refractivity contribution in [2.75, 3.05) is 6.54 Å². The third kappa shape index (κ3) is 3.05. The molecular formula is C13H18N4O3. The maximum absolute atomic E-state index is 12.0. The summed E-state index contributed by atoms with van der Waals surface area (Å²) in [5, 5.41) is 16.5. The average molecular weight is 278 g/mol. The van der Waals surface area contributed by atoms with Crippen LogP contribution in [0.4, 0.5) is 0 Å². The maximum Gasteiger partial charge on any atom is 0.350 e. The second kappa shape index (κ2) is 5.46. The van der Waals surface area contributed by atoms with E-state index in [2.05, 4.69) is 10.4 Å². The van der Waals surface area contributed by atoms with E-state index < -0.39 is 5.60 Å². The van der Waals surface area contributed by atoms with E-state index in [1.807, 2.05) is 6.92 Å². The molecule has 2 heterocycles. The SMILES string of the molecule is CCC(C)(O)CNC(=O)Cn1nc2ccccn2c1=O. The van der Waals surface area contributed by atoms with Gasteiger partial charge in [0.25, 0.3) is 0 Å². The highest BCUT2D eigenvalue weighted by Gasteiger charge is 2.19.